The fourth-order valence-electron chi connectivity index (χ4n) is 2.14. The van der Waals surface area contributed by atoms with Crippen molar-refractivity contribution < 1.29 is 13.2 Å². The highest BCUT2D eigenvalue weighted by atomic mass is 19.4. The molecule has 0 amide bonds. The molecule has 2 rings (SSSR count). The van der Waals surface area contributed by atoms with Gasteiger partial charge in [0.15, 0.2) is 0 Å². The van der Waals surface area contributed by atoms with Gasteiger partial charge in [-0.25, -0.2) is 9.97 Å². The van der Waals surface area contributed by atoms with Crippen LogP contribution in [-0.2, 0) is 6.18 Å². The van der Waals surface area contributed by atoms with Gasteiger partial charge >= 0.3 is 6.18 Å². The Morgan fingerprint density at radius 2 is 2.00 bits per heavy atom. The van der Waals surface area contributed by atoms with Crippen LogP contribution in [0.3, 0.4) is 0 Å². The minimum atomic E-state index is -4.41. The topological polar surface area (TPSA) is 63.8 Å². The van der Waals surface area contributed by atoms with Gasteiger partial charge in [-0.1, -0.05) is 0 Å². The van der Waals surface area contributed by atoms with Gasteiger partial charge in [0.25, 0.3) is 0 Å². The Kier molecular flexibility index (Phi) is 3.18. The van der Waals surface area contributed by atoms with Gasteiger partial charge < -0.3 is 11.1 Å². The molecule has 0 spiro atoms. The third-order valence-corrected chi connectivity index (χ3v) is 3.41. The first-order chi connectivity index (χ1) is 8.31. The first-order valence-electron chi connectivity index (χ1n) is 5.74. The molecule has 0 radical (unpaired) electrons. The molecule has 7 heteroatoms. The number of anilines is 1. The third-order valence-electron chi connectivity index (χ3n) is 3.41. The third kappa shape index (κ3) is 2.55. The van der Waals surface area contributed by atoms with Crippen LogP contribution in [0.15, 0.2) is 12.4 Å². The lowest BCUT2D eigenvalue weighted by Crippen LogP contribution is -2.47. The molecule has 0 unspecified atom stereocenters. The van der Waals surface area contributed by atoms with Crippen molar-refractivity contribution in [3.05, 3.63) is 18.0 Å². The molecule has 1 fully saturated rings. The smallest absolute Gasteiger partial charge is 0.348 e. The lowest BCUT2D eigenvalue weighted by atomic mass is 9.97. The summed E-state index contributed by atoms with van der Waals surface area (Å²) in [5.74, 6) is 0.183. The van der Waals surface area contributed by atoms with Crippen LogP contribution in [0, 0.1) is 0 Å². The number of hydrogen-bond acceptors (Lipinski definition) is 4. The molecule has 0 bridgehead atoms. The number of nitrogens with two attached hydrogens (primary N) is 1. The Labute approximate surface area is 103 Å². The molecule has 0 aliphatic heterocycles. The normalized spacial score (nSPS) is 28.4. The summed E-state index contributed by atoms with van der Waals surface area (Å²) < 4.78 is 37.0. The van der Waals surface area contributed by atoms with Gasteiger partial charge in [-0.3, -0.25) is 0 Å². The van der Waals surface area contributed by atoms with E-state index >= 15 is 0 Å². The van der Waals surface area contributed by atoms with E-state index in [4.69, 9.17) is 5.73 Å². The zero-order valence-corrected chi connectivity index (χ0v) is 9.96. The molecule has 1 aromatic rings. The van der Waals surface area contributed by atoms with E-state index in [1.807, 2.05) is 6.92 Å². The quantitative estimate of drug-likeness (QED) is 0.855. The van der Waals surface area contributed by atoms with Crippen LogP contribution in [0.5, 0.6) is 0 Å². The van der Waals surface area contributed by atoms with Gasteiger partial charge in [0.1, 0.15) is 0 Å². The van der Waals surface area contributed by atoms with Gasteiger partial charge in [0.2, 0.25) is 5.95 Å². The zero-order valence-electron chi connectivity index (χ0n) is 9.96. The van der Waals surface area contributed by atoms with Crippen molar-refractivity contribution in [1.29, 1.82) is 0 Å². The molecule has 0 aromatic carbocycles. The number of nitrogens with zero attached hydrogens (tertiary/aromatic N) is 2. The first-order valence-corrected chi connectivity index (χ1v) is 5.74. The Balaban J connectivity index is 2.11. The highest BCUT2D eigenvalue weighted by molar-refractivity contribution is 5.32. The van der Waals surface area contributed by atoms with Gasteiger partial charge in [0, 0.05) is 18.4 Å². The van der Waals surface area contributed by atoms with E-state index in [0.29, 0.717) is 0 Å². The molecule has 100 valence electrons. The van der Waals surface area contributed by atoms with Crippen LogP contribution in [0.4, 0.5) is 19.1 Å². The number of rotatable bonds is 2. The van der Waals surface area contributed by atoms with E-state index in [-0.39, 0.29) is 17.5 Å². The number of alkyl halides is 3. The Hall–Kier alpha value is -1.37. The summed E-state index contributed by atoms with van der Waals surface area (Å²) in [7, 11) is 0. The summed E-state index contributed by atoms with van der Waals surface area (Å²) in [6.45, 7) is 1.94. The van der Waals surface area contributed by atoms with Gasteiger partial charge in [-0.2, -0.15) is 13.2 Å². The Morgan fingerprint density at radius 1 is 1.39 bits per heavy atom. The van der Waals surface area contributed by atoms with E-state index in [1.165, 1.54) is 0 Å². The van der Waals surface area contributed by atoms with Crippen molar-refractivity contribution in [3.8, 4) is 0 Å². The minimum absolute atomic E-state index is 0.0385. The summed E-state index contributed by atoms with van der Waals surface area (Å²) in [5.41, 5.74) is 4.76. The highest BCUT2D eigenvalue weighted by Gasteiger charge is 2.37. The van der Waals surface area contributed by atoms with Crippen LogP contribution < -0.4 is 11.1 Å². The maximum atomic E-state index is 12.3. The number of aromatic nitrogens is 2. The molecule has 2 atom stereocenters. The summed E-state index contributed by atoms with van der Waals surface area (Å²) in [6, 6.07) is -0.0385. The van der Waals surface area contributed by atoms with E-state index < -0.39 is 11.7 Å². The SMILES string of the molecule is C[C@@]1(Nc2ncc(C(F)(F)F)cn2)CCC[C@@H]1N. The molecule has 0 saturated heterocycles. The van der Waals surface area contributed by atoms with Gasteiger partial charge in [-0.15, -0.1) is 0 Å². The first kappa shape index (κ1) is 13.1. The maximum Gasteiger partial charge on any atom is 0.419 e. The molecule has 1 aliphatic carbocycles. The molecule has 3 N–H and O–H groups in total. The fraction of sp³-hybridized carbons (Fsp3) is 0.636. The maximum absolute atomic E-state index is 12.3. The molecular weight excluding hydrogens is 245 g/mol. The van der Waals surface area contributed by atoms with Crippen LogP contribution in [0.25, 0.3) is 0 Å². The molecule has 18 heavy (non-hydrogen) atoms. The monoisotopic (exact) mass is 260 g/mol. The van der Waals surface area contributed by atoms with Crippen LogP contribution in [0.2, 0.25) is 0 Å². The molecule has 1 heterocycles. The molecular formula is C11H15F3N4. The van der Waals surface area contributed by atoms with Gasteiger partial charge in [0.05, 0.1) is 11.1 Å². The highest BCUT2D eigenvalue weighted by Crippen LogP contribution is 2.32. The molecule has 1 aliphatic rings. The predicted molar refractivity (Wildman–Crippen MR) is 60.9 cm³/mol. The predicted octanol–water partition coefficient (Wildman–Crippen LogP) is 2.18. The van der Waals surface area contributed by atoms with Crippen molar-refractivity contribution in [3.63, 3.8) is 0 Å². The van der Waals surface area contributed by atoms with E-state index in [0.717, 1.165) is 31.7 Å². The largest absolute Gasteiger partial charge is 0.419 e. The van der Waals surface area contributed by atoms with E-state index in [9.17, 15) is 13.2 Å². The molecule has 4 nitrogen and oxygen atoms in total. The standard InChI is InChI=1S/C11H15F3N4/c1-10(4-2-3-8(10)15)18-9-16-5-7(6-17-9)11(12,13)14/h5-6,8H,2-4,15H2,1H3,(H,16,17,18)/t8-,10+/m0/s1. The second kappa shape index (κ2) is 4.38. The fourth-order valence-corrected chi connectivity index (χ4v) is 2.14. The number of halogens is 3. The van der Waals surface area contributed by atoms with Crippen molar-refractivity contribution in [2.24, 2.45) is 5.73 Å². The summed E-state index contributed by atoms with van der Waals surface area (Å²) in [4.78, 5) is 7.38. The second-order valence-electron chi connectivity index (χ2n) is 4.83. The molecule has 1 saturated carbocycles. The van der Waals surface area contributed by atoms with E-state index in [1.54, 1.807) is 0 Å². The molecule has 1 aromatic heterocycles. The van der Waals surface area contributed by atoms with Crippen LogP contribution in [0.1, 0.15) is 31.7 Å². The minimum Gasteiger partial charge on any atom is -0.348 e. The zero-order chi connectivity index (χ0) is 13.4. The summed E-state index contributed by atoms with van der Waals surface area (Å²) in [6.07, 6.45) is -0.113. The van der Waals surface area contributed by atoms with Crippen molar-refractivity contribution >= 4 is 5.95 Å². The van der Waals surface area contributed by atoms with E-state index in [2.05, 4.69) is 15.3 Å². The lowest BCUT2D eigenvalue weighted by Gasteiger charge is -2.30. The van der Waals surface area contributed by atoms with Crippen molar-refractivity contribution in [2.75, 3.05) is 5.32 Å². The second-order valence-corrected chi connectivity index (χ2v) is 4.83. The Bertz CT molecular complexity index is 417. The number of hydrogen-bond donors (Lipinski definition) is 2. The van der Waals surface area contributed by atoms with Crippen LogP contribution in [-0.4, -0.2) is 21.5 Å². The average Bonchev–Trinajstić information content (AvgIpc) is 2.58. The Morgan fingerprint density at radius 3 is 2.44 bits per heavy atom. The summed E-state index contributed by atoms with van der Waals surface area (Å²) >= 11 is 0. The van der Waals surface area contributed by atoms with Crippen LogP contribution >= 0.6 is 0 Å². The number of nitrogens with one attached hydrogen (secondary N) is 1. The van der Waals surface area contributed by atoms with Gasteiger partial charge in [-0.05, 0) is 26.2 Å². The average molecular weight is 260 g/mol. The van der Waals surface area contributed by atoms with Crippen molar-refractivity contribution in [2.45, 2.75) is 43.9 Å². The van der Waals surface area contributed by atoms with Crippen molar-refractivity contribution in [1.82, 2.24) is 9.97 Å². The lowest BCUT2D eigenvalue weighted by molar-refractivity contribution is -0.138. The summed E-state index contributed by atoms with van der Waals surface area (Å²) in [5, 5.41) is 3.03.